The number of benzene rings is 1. The van der Waals surface area contributed by atoms with E-state index in [4.69, 9.17) is 0 Å². The molecule has 0 atom stereocenters. The van der Waals surface area contributed by atoms with E-state index >= 15 is 0 Å². The summed E-state index contributed by atoms with van der Waals surface area (Å²) in [6, 6.07) is 10.2. The first-order valence-electron chi connectivity index (χ1n) is 7.66. The fraction of sp³-hybridized carbons (Fsp3) is 0.211. The lowest BCUT2D eigenvalue weighted by Crippen LogP contribution is -2.07. The van der Waals surface area contributed by atoms with Gasteiger partial charge in [-0.25, -0.2) is 4.98 Å². The van der Waals surface area contributed by atoms with Crippen LogP contribution in [-0.2, 0) is 11.2 Å². The Kier molecular flexibility index (Phi) is 6.63. The van der Waals surface area contributed by atoms with Crippen molar-refractivity contribution in [2.45, 2.75) is 19.8 Å². The summed E-state index contributed by atoms with van der Waals surface area (Å²) >= 11 is 1.35. The summed E-state index contributed by atoms with van der Waals surface area (Å²) in [5, 5.41) is 0.749. The van der Waals surface area contributed by atoms with Crippen molar-refractivity contribution in [2.24, 2.45) is 0 Å². The Morgan fingerprint density at radius 2 is 2.00 bits per heavy atom. The molecule has 0 spiro atoms. The largest absolute Gasteiger partial charge is 0.328 e. The van der Waals surface area contributed by atoms with E-state index in [2.05, 4.69) is 17.1 Å². The first-order chi connectivity index (χ1) is 11.6. The smallest absolute Gasteiger partial charge is 0.189 e. The molecule has 0 aliphatic carbocycles. The highest BCUT2D eigenvalue weighted by atomic mass is 32.1. The number of anilines is 1. The summed E-state index contributed by atoms with van der Waals surface area (Å²) in [5.74, 6) is 0. The molecule has 0 bridgehead atoms. The molecule has 0 radical (unpaired) electrons. The van der Waals surface area contributed by atoms with E-state index in [0.717, 1.165) is 41.8 Å². The minimum Gasteiger partial charge on any atom is -0.328 e. The van der Waals surface area contributed by atoms with Gasteiger partial charge in [0.25, 0.3) is 0 Å². The van der Waals surface area contributed by atoms with E-state index in [-0.39, 0.29) is 0 Å². The third-order valence-electron chi connectivity index (χ3n) is 3.57. The van der Waals surface area contributed by atoms with Crippen molar-refractivity contribution in [2.75, 3.05) is 11.9 Å². The molecule has 0 saturated heterocycles. The van der Waals surface area contributed by atoms with Gasteiger partial charge in [0.05, 0.1) is 10.6 Å². The summed E-state index contributed by atoms with van der Waals surface area (Å²) in [6.07, 6.45) is 8.65. The molecule has 0 aliphatic heterocycles. The maximum absolute atomic E-state index is 10.9. The highest BCUT2D eigenvalue weighted by molar-refractivity contribution is 7.17. The fourth-order valence-corrected chi connectivity index (χ4v) is 2.99. The van der Waals surface area contributed by atoms with Gasteiger partial charge >= 0.3 is 0 Å². The van der Waals surface area contributed by atoms with Crippen LogP contribution in [0.15, 0.2) is 54.3 Å². The maximum atomic E-state index is 10.9. The molecule has 0 unspecified atom stereocenters. The van der Waals surface area contributed by atoms with E-state index in [0.29, 0.717) is 4.88 Å². The van der Waals surface area contributed by atoms with Gasteiger partial charge in [-0.05, 0) is 43.1 Å². The van der Waals surface area contributed by atoms with Gasteiger partial charge in [0, 0.05) is 13.2 Å². The van der Waals surface area contributed by atoms with E-state index in [1.165, 1.54) is 16.9 Å². The van der Waals surface area contributed by atoms with Gasteiger partial charge in [0.2, 0.25) is 0 Å². The van der Waals surface area contributed by atoms with Gasteiger partial charge in [0.15, 0.2) is 11.4 Å². The Hall–Kier alpha value is -2.53. The number of rotatable bonds is 8. The van der Waals surface area contributed by atoms with Crippen LogP contribution < -0.4 is 4.90 Å². The van der Waals surface area contributed by atoms with Crippen LogP contribution in [0.5, 0.6) is 0 Å². The lowest BCUT2D eigenvalue weighted by atomic mass is 10.0. The molecule has 0 amide bonds. The number of allylic oxidation sites excluding steroid dienone is 3. The van der Waals surface area contributed by atoms with Crippen molar-refractivity contribution in [3.63, 3.8) is 0 Å². The number of aryl methyl sites for hydroxylation is 2. The quantitative estimate of drug-likeness (QED) is 0.414. The Bertz CT molecular complexity index is 748. The van der Waals surface area contributed by atoms with Gasteiger partial charge in [-0.3, -0.25) is 9.59 Å². The van der Waals surface area contributed by atoms with Crippen molar-refractivity contribution in [1.29, 1.82) is 0 Å². The SMILES string of the molecule is Cc1nc(N(C)C=C/C(=C\C=O)CCc2ccccc2)sc1C=O. The van der Waals surface area contributed by atoms with Gasteiger partial charge in [-0.15, -0.1) is 0 Å². The third kappa shape index (κ3) is 4.99. The molecule has 5 heteroatoms. The summed E-state index contributed by atoms with van der Waals surface area (Å²) < 4.78 is 0. The van der Waals surface area contributed by atoms with Crippen molar-refractivity contribution >= 4 is 29.0 Å². The molecule has 2 aromatic rings. The van der Waals surface area contributed by atoms with Crippen LogP contribution in [0.1, 0.15) is 27.3 Å². The predicted molar refractivity (Wildman–Crippen MR) is 98.7 cm³/mol. The first kappa shape index (κ1) is 17.8. The monoisotopic (exact) mass is 340 g/mol. The molecule has 1 aromatic carbocycles. The van der Waals surface area contributed by atoms with Crippen molar-refractivity contribution in [3.8, 4) is 0 Å². The number of hydrogen-bond acceptors (Lipinski definition) is 5. The number of carbonyl (C=O) groups excluding carboxylic acids is 2. The third-order valence-corrected chi connectivity index (χ3v) is 4.74. The Morgan fingerprint density at radius 1 is 1.25 bits per heavy atom. The van der Waals surface area contributed by atoms with Crippen molar-refractivity contribution in [3.05, 3.63) is 70.4 Å². The molecule has 4 nitrogen and oxygen atoms in total. The van der Waals surface area contributed by atoms with Gasteiger partial charge in [-0.1, -0.05) is 41.7 Å². The Morgan fingerprint density at radius 3 is 2.62 bits per heavy atom. The van der Waals surface area contributed by atoms with Crippen LogP contribution in [-0.4, -0.2) is 24.6 Å². The normalized spacial score (nSPS) is 11.7. The van der Waals surface area contributed by atoms with E-state index < -0.39 is 0 Å². The average molecular weight is 340 g/mol. The zero-order chi connectivity index (χ0) is 17.4. The van der Waals surface area contributed by atoms with Gasteiger partial charge < -0.3 is 4.90 Å². The maximum Gasteiger partial charge on any atom is 0.189 e. The number of nitrogens with zero attached hydrogens (tertiary/aromatic N) is 2. The zero-order valence-corrected chi connectivity index (χ0v) is 14.6. The zero-order valence-electron chi connectivity index (χ0n) is 13.8. The molecule has 24 heavy (non-hydrogen) atoms. The predicted octanol–water partition coefficient (Wildman–Crippen LogP) is 3.97. The van der Waals surface area contributed by atoms with Gasteiger partial charge in [-0.2, -0.15) is 0 Å². The van der Waals surface area contributed by atoms with Crippen LogP contribution in [0.3, 0.4) is 0 Å². The highest BCUT2D eigenvalue weighted by Gasteiger charge is 2.08. The molecule has 0 fully saturated rings. The van der Waals surface area contributed by atoms with Crippen LogP contribution >= 0.6 is 11.3 Å². The van der Waals surface area contributed by atoms with Crippen molar-refractivity contribution in [1.82, 2.24) is 4.98 Å². The average Bonchev–Trinajstić information content (AvgIpc) is 2.99. The standard InChI is InChI=1S/C19H20N2O2S/c1-15-18(14-23)24-19(20-15)21(2)12-10-17(11-13-22)9-8-16-6-4-3-5-7-16/h3-7,10-14H,8-9H2,1-2H3/b12-10?,17-11-. The lowest BCUT2D eigenvalue weighted by Gasteiger charge is -2.10. The van der Waals surface area contributed by atoms with Crippen LogP contribution in [0.4, 0.5) is 5.13 Å². The van der Waals surface area contributed by atoms with Crippen LogP contribution in [0.2, 0.25) is 0 Å². The molecular formula is C19H20N2O2S. The first-order valence-corrected chi connectivity index (χ1v) is 8.47. The summed E-state index contributed by atoms with van der Waals surface area (Å²) in [5.41, 5.74) is 2.92. The minimum atomic E-state index is 0.637. The van der Waals surface area contributed by atoms with E-state index in [1.54, 1.807) is 6.08 Å². The fourth-order valence-electron chi connectivity index (χ4n) is 2.17. The molecule has 0 aliphatic rings. The number of aromatic nitrogens is 1. The van der Waals surface area contributed by atoms with Crippen LogP contribution in [0.25, 0.3) is 0 Å². The Labute approximate surface area is 146 Å². The number of hydrogen-bond donors (Lipinski definition) is 0. The minimum absolute atomic E-state index is 0.637. The molecule has 1 heterocycles. The number of thiazole rings is 1. The lowest BCUT2D eigenvalue weighted by molar-refractivity contribution is -0.104. The van der Waals surface area contributed by atoms with Gasteiger partial charge in [0.1, 0.15) is 6.29 Å². The highest BCUT2D eigenvalue weighted by Crippen LogP contribution is 2.24. The van der Waals surface area contributed by atoms with E-state index in [9.17, 15) is 9.59 Å². The van der Waals surface area contributed by atoms with Crippen LogP contribution in [0, 0.1) is 6.92 Å². The van der Waals surface area contributed by atoms with E-state index in [1.807, 2.05) is 49.3 Å². The number of carbonyl (C=O) groups is 2. The molecule has 124 valence electrons. The molecule has 1 aromatic heterocycles. The molecular weight excluding hydrogens is 320 g/mol. The molecule has 0 N–H and O–H groups in total. The second-order valence-corrected chi connectivity index (χ2v) is 6.36. The summed E-state index contributed by atoms with van der Waals surface area (Å²) in [7, 11) is 1.87. The van der Waals surface area contributed by atoms with Crippen molar-refractivity contribution < 1.29 is 9.59 Å². The molecule has 2 rings (SSSR count). The summed E-state index contributed by atoms with van der Waals surface area (Å²) in [6.45, 7) is 1.82. The Balaban J connectivity index is 2.03. The number of aldehydes is 2. The molecule has 0 saturated carbocycles. The second-order valence-electron chi connectivity index (χ2n) is 5.35. The summed E-state index contributed by atoms with van der Waals surface area (Å²) in [4.78, 5) is 28.6. The topological polar surface area (TPSA) is 50.3 Å². The second kappa shape index (κ2) is 8.93.